The summed E-state index contributed by atoms with van der Waals surface area (Å²) in [6.07, 6.45) is 6.00. The molecule has 12 heteroatoms. The number of hydrogen-bond acceptors (Lipinski definition) is 6. The fraction of sp³-hybridized carbons (Fsp3) is 0.278. The number of carbonyl (C=O) groups is 2. The minimum absolute atomic E-state index is 0.149. The molecule has 2 aromatic heterocycles. The van der Waals surface area contributed by atoms with E-state index in [1.165, 1.54) is 19.2 Å². The molecule has 0 saturated carbocycles. The number of methoxy groups -OCH3 is 1. The van der Waals surface area contributed by atoms with E-state index in [9.17, 15) is 9.59 Å². The molecular formula is C36H35F2N7O3. The van der Waals surface area contributed by atoms with Crippen molar-refractivity contribution < 1.29 is 23.1 Å². The van der Waals surface area contributed by atoms with Crippen LogP contribution in [0.1, 0.15) is 61.0 Å². The molecule has 2 aliphatic heterocycles. The highest BCUT2D eigenvalue weighted by atomic mass is 19.1. The van der Waals surface area contributed by atoms with E-state index in [0.29, 0.717) is 58.0 Å². The number of amides is 2. The van der Waals surface area contributed by atoms with Gasteiger partial charge in [-0.2, -0.15) is 0 Å². The number of rotatable bonds is 8. The van der Waals surface area contributed by atoms with Crippen LogP contribution in [0.2, 0.25) is 0 Å². The lowest BCUT2D eigenvalue weighted by atomic mass is 10.00. The van der Waals surface area contributed by atoms with Crippen molar-refractivity contribution in [3.8, 4) is 33.6 Å². The van der Waals surface area contributed by atoms with E-state index in [1.54, 1.807) is 65.8 Å². The van der Waals surface area contributed by atoms with Gasteiger partial charge in [0.05, 0.1) is 36.8 Å². The maximum absolute atomic E-state index is 15.6. The van der Waals surface area contributed by atoms with E-state index in [-0.39, 0.29) is 18.0 Å². The lowest BCUT2D eigenvalue weighted by Gasteiger charge is -2.28. The first-order valence-corrected chi connectivity index (χ1v) is 16.0. The summed E-state index contributed by atoms with van der Waals surface area (Å²) in [7, 11) is 1.25. The van der Waals surface area contributed by atoms with Crippen molar-refractivity contribution in [2.45, 2.75) is 43.8 Å². The van der Waals surface area contributed by atoms with Crippen molar-refractivity contribution in [1.82, 2.24) is 35.5 Å². The van der Waals surface area contributed by atoms with E-state index < -0.39 is 23.8 Å². The molecule has 3 atom stereocenters. The van der Waals surface area contributed by atoms with Crippen molar-refractivity contribution in [3.05, 3.63) is 108 Å². The molecule has 0 radical (unpaired) electrons. The number of hydrogen-bond donors (Lipinski definition) is 4. The molecule has 7 rings (SSSR count). The number of carbonyl (C=O) groups excluding carboxylic acids is 2. The van der Waals surface area contributed by atoms with Gasteiger partial charge in [0.15, 0.2) is 0 Å². The third kappa shape index (κ3) is 6.18. The van der Waals surface area contributed by atoms with Gasteiger partial charge in [0.1, 0.15) is 29.3 Å². The van der Waals surface area contributed by atoms with Crippen molar-refractivity contribution >= 4 is 12.0 Å². The van der Waals surface area contributed by atoms with Crippen LogP contribution in [-0.2, 0) is 9.53 Å². The summed E-state index contributed by atoms with van der Waals surface area (Å²) < 4.78 is 35.6. The number of ether oxygens (including phenoxy) is 1. The van der Waals surface area contributed by atoms with Crippen LogP contribution in [0.25, 0.3) is 33.6 Å². The maximum Gasteiger partial charge on any atom is 0.407 e. The molecule has 10 nitrogen and oxygen atoms in total. The van der Waals surface area contributed by atoms with E-state index in [4.69, 9.17) is 4.74 Å². The monoisotopic (exact) mass is 651 g/mol. The smallest absolute Gasteiger partial charge is 0.407 e. The first-order chi connectivity index (χ1) is 23.4. The number of aromatic nitrogens is 4. The number of likely N-dealkylation sites (tertiary alicyclic amines) is 1. The van der Waals surface area contributed by atoms with Crippen LogP contribution in [0.5, 0.6) is 0 Å². The Morgan fingerprint density at radius 3 is 2.40 bits per heavy atom. The van der Waals surface area contributed by atoms with Gasteiger partial charge >= 0.3 is 6.09 Å². The minimum atomic E-state index is -0.941. The molecular weight excluding hydrogens is 616 g/mol. The molecule has 0 bridgehead atoms. The maximum atomic E-state index is 15.6. The topological polar surface area (TPSA) is 128 Å². The number of halogens is 2. The van der Waals surface area contributed by atoms with Crippen molar-refractivity contribution in [3.63, 3.8) is 0 Å². The number of aromatic amines is 2. The molecule has 2 fully saturated rings. The van der Waals surface area contributed by atoms with Gasteiger partial charge in [-0.3, -0.25) is 4.79 Å². The van der Waals surface area contributed by atoms with E-state index in [0.717, 1.165) is 31.6 Å². The number of imidazole rings is 2. The van der Waals surface area contributed by atoms with Gasteiger partial charge in [0.25, 0.3) is 5.91 Å². The van der Waals surface area contributed by atoms with Gasteiger partial charge < -0.3 is 30.2 Å². The Labute approximate surface area is 276 Å². The number of alkyl carbamates (subject to hydrolysis) is 1. The third-order valence-corrected chi connectivity index (χ3v) is 9.10. The Kier molecular flexibility index (Phi) is 8.72. The number of benzene rings is 3. The van der Waals surface area contributed by atoms with E-state index in [2.05, 4.69) is 30.6 Å². The SMILES string of the molecule is COC(=O)N[C@@H](C(=O)N1CCC[C@H]1c1ncc(-c2ccc(-c3ccc(-c4c[nH]c([C@@H]5CCCN5)n4)c(F)c3)cc2F)[nH]1)c1ccccc1. The van der Waals surface area contributed by atoms with Gasteiger partial charge in [-0.15, -0.1) is 0 Å². The van der Waals surface area contributed by atoms with Crippen molar-refractivity contribution in [2.24, 2.45) is 0 Å². The molecule has 2 aliphatic rings. The molecule has 0 aliphatic carbocycles. The summed E-state index contributed by atoms with van der Waals surface area (Å²) in [6, 6.07) is 17.3. The van der Waals surface area contributed by atoms with Crippen LogP contribution < -0.4 is 10.6 Å². The van der Waals surface area contributed by atoms with Crippen LogP contribution in [0.3, 0.4) is 0 Å². The lowest BCUT2D eigenvalue weighted by molar-refractivity contribution is -0.134. The minimum Gasteiger partial charge on any atom is -0.453 e. The van der Waals surface area contributed by atoms with Gasteiger partial charge in [-0.05, 0) is 73.2 Å². The Hall–Kier alpha value is -5.36. The molecule has 0 spiro atoms. The first-order valence-electron chi connectivity index (χ1n) is 16.0. The highest BCUT2D eigenvalue weighted by Crippen LogP contribution is 2.35. The molecule has 4 N–H and O–H groups in total. The molecule has 48 heavy (non-hydrogen) atoms. The quantitative estimate of drug-likeness (QED) is 0.150. The Balaban J connectivity index is 1.08. The Morgan fingerprint density at radius 2 is 1.71 bits per heavy atom. The third-order valence-electron chi connectivity index (χ3n) is 9.10. The van der Waals surface area contributed by atoms with Crippen molar-refractivity contribution in [1.29, 1.82) is 0 Å². The Morgan fingerprint density at radius 1 is 0.958 bits per heavy atom. The van der Waals surface area contributed by atoms with Crippen LogP contribution in [0.4, 0.5) is 13.6 Å². The molecule has 2 amide bonds. The highest BCUT2D eigenvalue weighted by molar-refractivity contribution is 5.87. The zero-order valence-corrected chi connectivity index (χ0v) is 26.3. The van der Waals surface area contributed by atoms with Crippen LogP contribution in [-0.4, -0.2) is 57.0 Å². The van der Waals surface area contributed by atoms with Gasteiger partial charge in [-0.1, -0.05) is 42.5 Å². The number of nitrogens with one attached hydrogen (secondary N) is 4. The van der Waals surface area contributed by atoms with Crippen molar-refractivity contribution in [2.75, 3.05) is 20.2 Å². The average molecular weight is 652 g/mol. The molecule has 2 saturated heterocycles. The summed E-state index contributed by atoms with van der Waals surface area (Å²) in [5.74, 6) is 0.0785. The summed E-state index contributed by atoms with van der Waals surface area (Å²) in [6.45, 7) is 1.41. The van der Waals surface area contributed by atoms with Gasteiger partial charge in [0.2, 0.25) is 0 Å². The summed E-state index contributed by atoms with van der Waals surface area (Å²) >= 11 is 0. The van der Waals surface area contributed by atoms with Crippen LogP contribution in [0.15, 0.2) is 79.1 Å². The largest absolute Gasteiger partial charge is 0.453 e. The highest BCUT2D eigenvalue weighted by Gasteiger charge is 2.37. The molecule has 5 aromatic rings. The standard InChI is InChI=1S/C36H35F2N7O3/c1-48-36(47)44-32(21-7-3-2-4-8-21)35(46)45-16-6-10-31(45)34-41-20-30(43-34)25-14-12-23(18-27(25)38)22-11-13-24(26(37)17-22)29-19-40-33(42-29)28-9-5-15-39-28/h2-4,7-8,11-14,17-20,28,31-32,39H,5-6,9-10,15-16H2,1H3,(H,40,42)(H,41,43)(H,44,47)/t28-,31-,32+/m0/s1. The number of nitrogens with zero attached hydrogens (tertiary/aromatic N) is 3. The van der Waals surface area contributed by atoms with Crippen LogP contribution >= 0.6 is 0 Å². The van der Waals surface area contributed by atoms with E-state index >= 15 is 8.78 Å². The molecule has 3 aromatic carbocycles. The predicted octanol–water partition coefficient (Wildman–Crippen LogP) is 6.60. The number of H-pyrrole nitrogens is 2. The average Bonchev–Trinajstić information content (AvgIpc) is 3.94. The summed E-state index contributed by atoms with van der Waals surface area (Å²) in [4.78, 5) is 43.1. The van der Waals surface area contributed by atoms with Crippen LogP contribution in [0, 0.1) is 11.6 Å². The first kappa shape index (κ1) is 31.3. The van der Waals surface area contributed by atoms with Gasteiger partial charge in [0, 0.05) is 23.9 Å². The lowest BCUT2D eigenvalue weighted by Crippen LogP contribution is -2.42. The molecule has 0 unspecified atom stereocenters. The normalized spacial score (nSPS) is 18.2. The summed E-state index contributed by atoms with van der Waals surface area (Å²) in [5, 5.41) is 6.03. The molecule has 246 valence electrons. The second-order valence-corrected chi connectivity index (χ2v) is 12.1. The zero-order valence-electron chi connectivity index (χ0n) is 26.3. The second-order valence-electron chi connectivity index (χ2n) is 12.1. The predicted molar refractivity (Wildman–Crippen MR) is 175 cm³/mol. The summed E-state index contributed by atoms with van der Waals surface area (Å²) in [5.41, 5.74) is 3.33. The fourth-order valence-corrected chi connectivity index (χ4v) is 6.62. The second kappa shape index (κ2) is 13.4. The Bertz CT molecular complexity index is 1940. The van der Waals surface area contributed by atoms with Gasteiger partial charge in [-0.25, -0.2) is 23.5 Å². The zero-order chi connectivity index (χ0) is 33.2. The van der Waals surface area contributed by atoms with E-state index in [1.807, 2.05) is 6.07 Å². The molecule has 4 heterocycles. The fourth-order valence-electron chi connectivity index (χ4n) is 6.62.